The van der Waals surface area contributed by atoms with Gasteiger partial charge in [0.15, 0.2) is 0 Å². The minimum atomic E-state index is 0.530. The van der Waals surface area contributed by atoms with E-state index in [0.29, 0.717) is 5.92 Å². The Kier molecular flexibility index (Phi) is 1.58. The Morgan fingerprint density at radius 2 is 2.38 bits per heavy atom. The molecule has 0 aliphatic rings. The summed E-state index contributed by atoms with van der Waals surface area (Å²) in [6, 6.07) is 0. The highest BCUT2D eigenvalue weighted by Crippen LogP contribution is 2.12. The lowest BCUT2D eigenvalue weighted by Crippen LogP contribution is -1.81. The Balaban J connectivity index is 2.77. The van der Waals surface area contributed by atoms with Gasteiger partial charge in [-0.3, -0.25) is 0 Å². The van der Waals surface area contributed by atoms with Gasteiger partial charge in [-0.2, -0.15) is 4.37 Å². The fourth-order valence-corrected chi connectivity index (χ4v) is 0.943. The van der Waals surface area contributed by atoms with Crippen LogP contribution in [0.15, 0.2) is 6.33 Å². The summed E-state index contributed by atoms with van der Waals surface area (Å²) >= 11 is 1.47. The molecule has 0 fully saturated rings. The van der Waals surface area contributed by atoms with E-state index in [1.54, 1.807) is 6.33 Å². The molecule has 8 heavy (non-hydrogen) atoms. The molecule has 0 atom stereocenters. The standard InChI is InChI=1S/C5H8N2S/c1-4(2)5-6-3-7-8-5/h3-4H,1-2H3. The predicted octanol–water partition coefficient (Wildman–Crippen LogP) is 1.66. The summed E-state index contributed by atoms with van der Waals surface area (Å²) in [6.45, 7) is 4.22. The van der Waals surface area contributed by atoms with Gasteiger partial charge < -0.3 is 0 Å². The highest BCUT2D eigenvalue weighted by Gasteiger charge is 1.99. The fourth-order valence-electron chi connectivity index (χ4n) is 0.436. The number of aromatic nitrogens is 2. The number of hydrogen-bond acceptors (Lipinski definition) is 3. The average molecular weight is 128 g/mol. The second kappa shape index (κ2) is 2.22. The molecule has 0 saturated carbocycles. The van der Waals surface area contributed by atoms with Crippen LogP contribution in [0.2, 0.25) is 0 Å². The highest BCUT2D eigenvalue weighted by molar-refractivity contribution is 7.05. The van der Waals surface area contributed by atoms with Crippen molar-refractivity contribution >= 4 is 11.5 Å². The molecule has 0 aromatic carbocycles. The van der Waals surface area contributed by atoms with Crippen molar-refractivity contribution in [1.29, 1.82) is 0 Å². The molecule has 44 valence electrons. The van der Waals surface area contributed by atoms with Crippen molar-refractivity contribution < 1.29 is 0 Å². The zero-order valence-electron chi connectivity index (χ0n) is 4.96. The molecule has 1 aromatic heterocycles. The molecule has 0 bridgehead atoms. The highest BCUT2D eigenvalue weighted by atomic mass is 32.1. The maximum Gasteiger partial charge on any atom is 0.129 e. The van der Waals surface area contributed by atoms with E-state index in [9.17, 15) is 0 Å². The van der Waals surface area contributed by atoms with E-state index in [4.69, 9.17) is 0 Å². The van der Waals surface area contributed by atoms with E-state index in [0.717, 1.165) is 5.01 Å². The van der Waals surface area contributed by atoms with Crippen LogP contribution >= 0.6 is 11.5 Å². The molecule has 0 saturated heterocycles. The summed E-state index contributed by atoms with van der Waals surface area (Å²) in [5.74, 6) is 0.530. The Bertz CT molecular complexity index is 145. The first-order chi connectivity index (χ1) is 3.80. The average Bonchev–Trinajstić information content (AvgIpc) is 2.12. The summed E-state index contributed by atoms with van der Waals surface area (Å²) in [5.41, 5.74) is 0. The summed E-state index contributed by atoms with van der Waals surface area (Å²) in [6.07, 6.45) is 1.60. The van der Waals surface area contributed by atoms with E-state index in [2.05, 4.69) is 23.2 Å². The Morgan fingerprint density at radius 1 is 1.62 bits per heavy atom. The Morgan fingerprint density at radius 3 is 2.62 bits per heavy atom. The maximum absolute atomic E-state index is 4.02. The lowest BCUT2D eigenvalue weighted by molar-refractivity contribution is 0.852. The van der Waals surface area contributed by atoms with Gasteiger partial charge in [0.2, 0.25) is 0 Å². The van der Waals surface area contributed by atoms with E-state index in [-0.39, 0.29) is 0 Å². The van der Waals surface area contributed by atoms with Crippen LogP contribution in [0.1, 0.15) is 24.8 Å². The molecule has 0 amide bonds. The minimum absolute atomic E-state index is 0.530. The molecule has 0 aliphatic heterocycles. The van der Waals surface area contributed by atoms with Crippen molar-refractivity contribution in [1.82, 2.24) is 9.36 Å². The minimum Gasteiger partial charge on any atom is -0.228 e. The molecule has 0 unspecified atom stereocenters. The summed E-state index contributed by atoms with van der Waals surface area (Å²) in [7, 11) is 0. The maximum atomic E-state index is 4.02. The zero-order chi connectivity index (χ0) is 5.98. The van der Waals surface area contributed by atoms with Crippen LogP contribution in [0.25, 0.3) is 0 Å². The van der Waals surface area contributed by atoms with Gasteiger partial charge in [0, 0.05) is 5.92 Å². The Labute approximate surface area is 52.7 Å². The second-order valence-electron chi connectivity index (χ2n) is 1.93. The monoisotopic (exact) mass is 128 g/mol. The molecule has 1 aromatic rings. The van der Waals surface area contributed by atoms with Crippen molar-refractivity contribution in [2.45, 2.75) is 19.8 Å². The second-order valence-corrected chi connectivity index (χ2v) is 2.75. The van der Waals surface area contributed by atoms with Gasteiger partial charge in [-0.1, -0.05) is 13.8 Å². The largest absolute Gasteiger partial charge is 0.228 e. The molecule has 0 N–H and O–H groups in total. The summed E-state index contributed by atoms with van der Waals surface area (Å²) < 4.78 is 3.87. The van der Waals surface area contributed by atoms with Crippen molar-refractivity contribution in [3.05, 3.63) is 11.3 Å². The van der Waals surface area contributed by atoms with Gasteiger partial charge in [0.05, 0.1) is 0 Å². The smallest absolute Gasteiger partial charge is 0.129 e. The van der Waals surface area contributed by atoms with Gasteiger partial charge in [-0.15, -0.1) is 0 Å². The molecular weight excluding hydrogens is 120 g/mol. The number of hydrogen-bond donors (Lipinski definition) is 0. The van der Waals surface area contributed by atoms with Crippen molar-refractivity contribution in [2.24, 2.45) is 0 Å². The lowest BCUT2D eigenvalue weighted by Gasteiger charge is -1.92. The van der Waals surface area contributed by atoms with Crippen molar-refractivity contribution in [3.8, 4) is 0 Å². The van der Waals surface area contributed by atoms with E-state index in [1.807, 2.05) is 0 Å². The quantitative estimate of drug-likeness (QED) is 0.575. The first-order valence-electron chi connectivity index (χ1n) is 2.57. The van der Waals surface area contributed by atoms with Crippen molar-refractivity contribution in [2.75, 3.05) is 0 Å². The predicted molar refractivity (Wildman–Crippen MR) is 34.0 cm³/mol. The van der Waals surface area contributed by atoms with Gasteiger partial charge in [-0.05, 0) is 11.5 Å². The molecular formula is C5H8N2S. The van der Waals surface area contributed by atoms with Crippen LogP contribution < -0.4 is 0 Å². The third-order valence-electron chi connectivity index (χ3n) is 0.872. The molecule has 3 heteroatoms. The Hall–Kier alpha value is -0.440. The first kappa shape index (κ1) is 5.69. The lowest BCUT2D eigenvalue weighted by atomic mass is 10.2. The number of nitrogens with zero attached hydrogens (tertiary/aromatic N) is 2. The molecule has 2 nitrogen and oxygen atoms in total. The third kappa shape index (κ3) is 1.04. The van der Waals surface area contributed by atoms with Crippen LogP contribution in [-0.4, -0.2) is 9.36 Å². The van der Waals surface area contributed by atoms with Crippen LogP contribution in [0, 0.1) is 0 Å². The molecule has 1 rings (SSSR count). The van der Waals surface area contributed by atoms with E-state index >= 15 is 0 Å². The summed E-state index contributed by atoms with van der Waals surface area (Å²) in [5, 5.41) is 1.12. The molecule has 0 radical (unpaired) electrons. The summed E-state index contributed by atoms with van der Waals surface area (Å²) in [4.78, 5) is 4.02. The van der Waals surface area contributed by atoms with Gasteiger partial charge >= 0.3 is 0 Å². The van der Waals surface area contributed by atoms with Crippen LogP contribution in [-0.2, 0) is 0 Å². The SMILES string of the molecule is CC(C)c1ncns1. The van der Waals surface area contributed by atoms with Gasteiger partial charge in [0.25, 0.3) is 0 Å². The van der Waals surface area contributed by atoms with E-state index < -0.39 is 0 Å². The zero-order valence-corrected chi connectivity index (χ0v) is 5.77. The van der Waals surface area contributed by atoms with Crippen LogP contribution in [0.3, 0.4) is 0 Å². The molecule has 0 spiro atoms. The normalized spacial score (nSPS) is 10.4. The van der Waals surface area contributed by atoms with Gasteiger partial charge in [-0.25, -0.2) is 4.98 Å². The first-order valence-corrected chi connectivity index (χ1v) is 3.34. The number of rotatable bonds is 1. The van der Waals surface area contributed by atoms with Crippen molar-refractivity contribution in [3.63, 3.8) is 0 Å². The fraction of sp³-hybridized carbons (Fsp3) is 0.600. The third-order valence-corrected chi connectivity index (χ3v) is 1.84. The van der Waals surface area contributed by atoms with E-state index in [1.165, 1.54) is 11.5 Å². The molecule has 0 aliphatic carbocycles. The molecule has 1 heterocycles. The van der Waals surface area contributed by atoms with Crippen LogP contribution in [0.5, 0.6) is 0 Å². The topological polar surface area (TPSA) is 25.8 Å². The van der Waals surface area contributed by atoms with Gasteiger partial charge in [0.1, 0.15) is 11.3 Å². The van der Waals surface area contributed by atoms with Crippen LogP contribution in [0.4, 0.5) is 0 Å².